The molecule has 0 saturated carbocycles. The monoisotopic (exact) mass is 582 g/mol. The van der Waals surface area contributed by atoms with Gasteiger partial charge in [-0.25, -0.2) is 0 Å². The molecule has 0 atom stereocenters. The molecule has 216 valence electrons. The van der Waals surface area contributed by atoms with Crippen molar-refractivity contribution < 1.29 is 4.42 Å². The largest absolute Gasteiger partial charge is 0.452 e. The third kappa shape index (κ3) is 3.64. The quantitative estimate of drug-likeness (QED) is 0.198. The molecule has 1 aliphatic carbocycles. The third-order valence-corrected chi connectivity index (χ3v) is 9.31. The molecule has 3 heterocycles. The van der Waals surface area contributed by atoms with Gasteiger partial charge in [-0.1, -0.05) is 78.9 Å². The van der Waals surface area contributed by atoms with Gasteiger partial charge in [0.2, 0.25) is 0 Å². The number of para-hydroxylation sites is 3. The van der Waals surface area contributed by atoms with Gasteiger partial charge >= 0.3 is 0 Å². The Bertz CT molecular complexity index is 2470. The van der Waals surface area contributed by atoms with Crippen LogP contribution < -0.4 is 5.32 Å². The number of nitrogens with one attached hydrogen (secondary N) is 2. The minimum Gasteiger partial charge on any atom is -0.452 e. The van der Waals surface area contributed by atoms with Gasteiger partial charge in [0.1, 0.15) is 5.58 Å². The smallest absolute Gasteiger partial charge is 0.168 e. The maximum atomic E-state index is 7.82. The first-order chi connectivity index (χ1) is 22.3. The first kappa shape index (κ1) is 25.7. The lowest BCUT2D eigenvalue weighted by Crippen LogP contribution is -2.02. The molecule has 0 unspecified atom stereocenters. The van der Waals surface area contributed by atoms with Crippen molar-refractivity contribution in [2.75, 3.05) is 12.4 Å². The van der Waals surface area contributed by atoms with Gasteiger partial charge < -0.3 is 24.3 Å². The van der Waals surface area contributed by atoms with Gasteiger partial charge in [-0.15, -0.1) is 0 Å². The SMILES string of the molecule is CNc1c(C=N)oc2c(-c3ccc(-n4c5ccccc5c5c6c(ccc54)c4c(n6-c5ccccc5)CCC=C4)cc3)cccc12. The zero-order valence-corrected chi connectivity index (χ0v) is 24.8. The Kier molecular flexibility index (Phi) is 5.62. The highest BCUT2D eigenvalue weighted by Gasteiger charge is 2.24. The van der Waals surface area contributed by atoms with E-state index in [9.17, 15) is 0 Å². The van der Waals surface area contributed by atoms with Crippen LogP contribution in [0.4, 0.5) is 5.69 Å². The topological polar surface area (TPSA) is 58.9 Å². The number of aromatic nitrogens is 2. The zero-order valence-electron chi connectivity index (χ0n) is 24.8. The summed E-state index contributed by atoms with van der Waals surface area (Å²) in [6.45, 7) is 0. The molecule has 2 N–H and O–H groups in total. The molecular weight excluding hydrogens is 552 g/mol. The molecule has 0 radical (unpaired) electrons. The Morgan fingerprint density at radius 2 is 1.51 bits per heavy atom. The summed E-state index contributed by atoms with van der Waals surface area (Å²) in [4.78, 5) is 0. The Balaban J connectivity index is 1.29. The van der Waals surface area contributed by atoms with Gasteiger partial charge in [0.25, 0.3) is 0 Å². The number of rotatable bonds is 5. The summed E-state index contributed by atoms with van der Waals surface area (Å²) in [5.41, 5.74) is 12.4. The average molecular weight is 583 g/mol. The summed E-state index contributed by atoms with van der Waals surface area (Å²) in [5, 5.41) is 15.8. The second kappa shape index (κ2) is 9.86. The number of anilines is 1. The van der Waals surface area contributed by atoms with Crippen molar-refractivity contribution in [1.82, 2.24) is 9.13 Å². The van der Waals surface area contributed by atoms with Crippen LogP contribution in [0.3, 0.4) is 0 Å². The maximum Gasteiger partial charge on any atom is 0.168 e. The number of fused-ring (bicyclic) bond motifs is 8. The molecule has 0 fully saturated rings. The van der Waals surface area contributed by atoms with Crippen LogP contribution in [0.2, 0.25) is 0 Å². The van der Waals surface area contributed by atoms with Gasteiger partial charge in [-0.05, 0) is 60.9 Å². The van der Waals surface area contributed by atoms with Crippen LogP contribution in [0.25, 0.3) is 72.3 Å². The van der Waals surface area contributed by atoms with Crippen molar-refractivity contribution in [3.8, 4) is 22.5 Å². The predicted octanol–water partition coefficient (Wildman–Crippen LogP) is 10.1. The molecule has 5 aromatic carbocycles. The van der Waals surface area contributed by atoms with E-state index in [0.717, 1.165) is 46.3 Å². The van der Waals surface area contributed by atoms with E-state index in [1.54, 1.807) is 0 Å². The summed E-state index contributed by atoms with van der Waals surface area (Å²) in [6.07, 6.45) is 7.96. The average Bonchev–Trinajstić information content (AvgIpc) is 3.76. The van der Waals surface area contributed by atoms with Crippen LogP contribution in [0.1, 0.15) is 23.4 Å². The molecule has 45 heavy (non-hydrogen) atoms. The molecule has 5 nitrogen and oxygen atoms in total. The lowest BCUT2D eigenvalue weighted by atomic mass is 10.0. The highest BCUT2D eigenvalue weighted by molar-refractivity contribution is 6.22. The molecule has 0 bridgehead atoms. The molecule has 8 aromatic rings. The van der Waals surface area contributed by atoms with E-state index in [0.29, 0.717) is 5.76 Å². The highest BCUT2D eigenvalue weighted by Crippen LogP contribution is 2.43. The predicted molar refractivity (Wildman–Crippen MR) is 188 cm³/mol. The zero-order chi connectivity index (χ0) is 30.1. The van der Waals surface area contributed by atoms with E-state index in [4.69, 9.17) is 9.83 Å². The van der Waals surface area contributed by atoms with Crippen molar-refractivity contribution in [1.29, 1.82) is 5.41 Å². The van der Waals surface area contributed by atoms with Gasteiger partial charge in [-0.3, -0.25) is 0 Å². The lowest BCUT2D eigenvalue weighted by Gasteiger charge is -2.13. The lowest BCUT2D eigenvalue weighted by molar-refractivity contribution is 0.609. The minimum atomic E-state index is 0.533. The fourth-order valence-electron chi connectivity index (χ4n) is 7.41. The van der Waals surface area contributed by atoms with E-state index in [1.165, 1.54) is 55.9 Å². The fraction of sp³-hybridized carbons (Fsp3) is 0.0750. The van der Waals surface area contributed by atoms with Crippen LogP contribution in [-0.4, -0.2) is 22.4 Å². The molecule has 0 spiro atoms. The Morgan fingerprint density at radius 1 is 0.733 bits per heavy atom. The van der Waals surface area contributed by atoms with Gasteiger partial charge in [-0.2, -0.15) is 0 Å². The normalized spacial score (nSPS) is 12.8. The van der Waals surface area contributed by atoms with E-state index < -0.39 is 0 Å². The Morgan fingerprint density at radius 3 is 2.33 bits per heavy atom. The minimum absolute atomic E-state index is 0.533. The first-order valence-corrected chi connectivity index (χ1v) is 15.4. The summed E-state index contributed by atoms with van der Waals surface area (Å²) < 4.78 is 11.0. The van der Waals surface area contributed by atoms with Crippen LogP contribution >= 0.6 is 0 Å². The van der Waals surface area contributed by atoms with Crippen molar-refractivity contribution in [2.24, 2.45) is 0 Å². The summed E-state index contributed by atoms with van der Waals surface area (Å²) >= 11 is 0. The molecule has 0 aliphatic heterocycles. The van der Waals surface area contributed by atoms with Crippen LogP contribution in [0.15, 0.2) is 120 Å². The number of benzene rings is 5. The molecule has 1 aliphatic rings. The summed E-state index contributed by atoms with van der Waals surface area (Å²) in [6, 6.07) is 39.1. The molecule has 9 rings (SSSR count). The molecule has 0 saturated heterocycles. The standard InChI is InChI=1S/C40H30N4O/c1-42-38-32-15-9-14-28(40(32)45-36(38)24-41)25-18-20-27(21-19-25)43-34-17-8-6-13-31(34)37-35(43)23-22-30-29-12-5-7-16-33(29)44(39(30)37)26-10-3-2-4-11-26/h2-6,8-15,17-24,41-42H,7,16H2,1H3. The molecule has 5 heteroatoms. The molecular formula is C40H30N4O. The number of furan rings is 1. The van der Waals surface area contributed by atoms with E-state index in [-0.39, 0.29) is 0 Å². The van der Waals surface area contributed by atoms with Crippen molar-refractivity contribution in [3.63, 3.8) is 0 Å². The van der Waals surface area contributed by atoms with Crippen LogP contribution in [0, 0.1) is 5.41 Å². The van der Waals surface area contributed by atoms with Crippen molar-refractivity contribution >= 4 is 61.7 Å². The Labute approximate surface area is 260 Å². The molecule has 3 aromatic heterocycles. The van der Waals surface area contributed by atoms with Crippen LogP contribution in [0.5, 0.6) is 0 Å². The third-order valence-electron chi connectivity index (χ3n) is 9.31. The number of allylic oxidation sites excluding steroid dienone is 1. The summed E-state index contributed by atoms with van der Waals surface area (Å²) in [5.74, 6) is 0.533. The van der Waals surface area contributed by atoms with Crippen molar-refractivity contribution in [2.45, 2.75) is 12.8 Å². The van der Waals surface area contributed by atoms with E-state index in [2.05, 4.69) is 124 Å². The van der Waals surface area contributed by atoms with Crippen LogP contribution in [-0.2, 0) is 6.42 Å². The van der Waals surface area contributed by atoms with E-state index in [1.807, 2.05) is 19.2 Å². The summed E-state index contributed by atoms with van der Waals surface area (Å²) in [7, 11) is 1.86. The van der Waals surface area contributed by atoms with Crippen molar-refractivity contribution in [3.05, 3.63) is 132 Å². The van der Waals surface area contributed by atoms with Gasteiger partial charge in [0, 0.05) is 56.8 Å². The fourth-order valence-corrected chi connectivity index (χ4v) is 7.41. The van der Waals surface area contributed by atoms with Gasteiger partial charge in [0.05, 0.1) is 28.5 Å². The second-order valence-electron chi connectivity index (χ2n) is 11.6. The van der Waals surface area contributed by atoms with E-state index >= 15 is 0 Å². The first-order valence-electron chi connectivity index (χ1n) is 15.4. The van der Waals surface area contributed by atoms with Gasteiger partial charge in [0.15, 0.2) is 5.76 Å². The maximum absolute atomic E-state index is 7.82. The number of hydrogen-bond acceptors (Lipinski definition) is 3. The molecule has 0 amide bonds. The second-order valence-corrected chi connectivity index (χ2v) is 11.6. The number of hydrogen-bond donors (Lipinski definition) is 2. The number of nitrogens with zero attached hydrogens (tertiary/aromatic N) is 2. The highest BCUT2D eigenvalue weighted by atomic mass is 16.3. The Hall–Kier alpha value is -5.81.